The smallest absolute Gasteiger partial charge is 0.258 e. The molecule has 2 atom stereocenters. The van der Waals surface area contributed by atoms with Gasteiger partial charge in [0.15, 0.2) is 0 Å². The summed E-state index contributed by atoms with van der Waals surface area (Å²) in [7, 11) is 0. The molecule has 1 aliphatic rings. The van der Waals surface area contributed by atoms with Gasteiger partial charge < -0.3 is 14.9 Å². The van der Waals surface area contributed by atoms with E-state index in [1.54, 1.807) is 24.3 Å². The number of benzene rings is 3. The molecule has 178 valence electrons. The second-order valence-corrected chi connectivity index (χ2v) is 8.82. The maximum absolute atomic E-state index is 13.1. The Hall–Kier alpha value is -3.88. The van der Waals surface area contributed by atoms with E-state index in [9.17, 15) is 14.3 Å². The van der Waals surface area contributed by atoms with Crippen molar-refractivity contribution < 1.29 is 18.8 Å². The summed E-state index contributed by atoms with van der Waals surface area (Å²) in [6.07, 6.45) is -0.382. The zero-order chi connectivity index (χ0) is 24.4. The highest BCUT2D eigenvalue weighted by Gasteiger charge is 2.35. The summed E-state index contributed by atoms with van der Waals surface area (Å²) in [6.45, 7) is 2.89. The van der Waals surface area contributed by atoms with Gasteiger partial charge in [0.1, 0.15) is 12.0 Å². The van der Waals surface area contributed by atoms with Crippen molar-refractivity contribution in [2.24, 2.45) is 5.92 Å². The first-order valence-electron chi connectivity index (χ1n) is 11.4. The van der Waals surface area contributed by atoms with Crippen LogP contribution in [-0.4, -0.2) is 38.8 Å². The van der Waals surface area contributed by atoms with Gasteiger partial charge in [0.2, 0.25) is 11.7 Å². The average Bonchev–Trinajstić information content (AvgIpc) is 3.49. The number of nitrogens with zero attached hydrogens (tertiary/aromatic N) is 3. The van der Waals surface area contributed by atoms with E-state index in [0.717, 1.165) is 22.3 Å². The first-order chi connectivity index (χ1) is 16.9. The van der Waals surface area contributed by atoms with Gasteiger partial charge in [-0.2, -0.15) is 4.98 Å². The number of nitrogens with one attached hydrogen (secondary N) is 1. The largest absolute Gasteiger partial charge is 0.378 e. The number of carbonyl (C=O) groups is 1. The molecule has 1 aromatic heterocycles. The molecule has 0 spiro atoms. The lowest BCUT2D eigenvalue weighted by molar-refractivity contribution is -0.119. The van der Waals surface area contributed by atoms with Crippen molar-refractivity contribution in [2.45, 2.75) is 26.1 Å². The van der Waals surface area contributed by atoms with Crippen LogP contribution in [0.4, 0.5) is 10.1 Å². The summed E-state index contributed by atoms with van der Waals surface area (Å²) in [5, 5.41) is 17.4. The van der Waals surface area contributed by atoms with Gasteiger partial charge in [-0.05, 0) is 55.3 Å². The molecule has 0 radical (unpaired) electrons. The van der Waals surface area contributed by atoms with Crippen LogP contribution in [0.1, 0.15) is 17.5 Å². The summed E-state index contributed by atoms with van der Waals surface area (Å²) in [6, 6.07) is 21.2. The minimum Gasteiger partial charge on any atom is -0.378 e. The van der Waals surface area contributed by atoms with Crippen LogP contribution in [0.25, 0.3) is 22.8 Å². The molecule has 1 amide bonds. The minimum absolute atomic E-state index is 0.155. The molecule has 3 aromatic carbocycles. The highest BCUT2D eigenvalue weighted by molar-refractivity contribution is 5.93. The van der Waals surface area contributed by atoms with E-state index < -0.39 is 6.23 Å². The lowest BCUT2D eigenvalue weighted by atomic mass is 10.1. The number of aryl methyl sites for hydroxylation is 1. The third-order valence-corrected chi connectivity index (χ3v) is 6.18. The topological polar surface area (TPSA) is 91.5 Å². The zero-order valence-electron chi connectivity index (χ0n) is 19.2. The van der Waals surface area contributed by atoms with Crippen molar-refractivity contribution in [3.8, 4) is 22.8 Å². The standard InChI is InChI=1S/C27H25FN4O3/c1-17-2-6-19(7-3-17)25-30-27(35-31-25)20-8-12-23(13-9-20)29-26(34)21-14-24(33)32(16-21)15-18-4-10-22(28)11-5-18/h2-13,21,24,33H,14-16H2,1H3,(H,29,34). The summed E-state index contributed by atoms with van der Waals surface area (Å²) >= 11 is 0. The predicted octanol–water partition coefficient (Wildman–Crippen LogP) is 4.63. The Morgan fingerprint density at radius 3 is 2.46 bits per heavy atom. The summed E-state index contributed by atoms with van der Waals surface area (Å²) < 4.78 is 18.5. The minimum atomic E-state index is -0.724. The van der Waals surface area contributed by atoms with Crippen molar-refractivity contribution in [2.75, 3.05) is 11.9 Å². The number of amides is 1. The van der Waals surface area contributed by atoms with Gasteiger partial charge in [-0.1, -0.05) is 47.1 Å². The molecule has 0 saturated carbocycles. The Morgan fingerprint density at radius 1 is 1.06 bits per heavy atom. The Morgan fingerprint density at radius 2 is 1.74 bits per heavy atom. The highest BCUT2D eigenvalue weighted by Crippen LogP contribution is 2.27. The molecule has 2 heterocycles. The van der Waals surface area contributed by atoms with E-state index in [1.807, 2.05) is 48.2 Å². The van der Waals surface area contributed by atoms with Crippen LogP contribution in [0.3, 0.4) is 0 Å². The quantitative estimate of drug-likeness (QED) is 0.425. The molecule has 1 aliphatic heterocycles. The second kappa shape index (κ2) is 9.77. The molecule has 1 fully saturated rings. The number of anilines is 1. The van der Waals surface area contributed by atoms with Crippen molar-refractivity contribution in [3.05, 3.63) is 89.7 Å². The second-order valence-electron chi connectivity index (χ2n) is 8.82. The normalized spacial score (nSPS) is 18.0. The first kappa shape index (κ1) is 22.9. The number of hydrogen-bond donors (Lipinski definition) is 2. The van der Waals surface area contributed by atoms with Crippen molar-refractivity contribution in [1.82, 2.24) is 15.0 Å². The van der Waals surface area contributed by atoms with Gasteiger partial charge in [0.05, 0.1) is 5.92 Å². The molecular weight excluding hydrogens is 447 g/mol. The molecule has 0 bridgehead atoms. The lowest BCUT2D eigenvalue weighted by Gasteiger charge is -2.19. The third kappa shape index (κ3) is 5.29. The number of aromatic nitrogens is 2. The van der Waals surface area contributed by atoms with Gasteiger partial charge >= 0.3 is 0 Å². The van der Waals surface area contributed by atoms with Gasteiger partial charge in [-0.15, -0.1) is 0 Å². The number of rotatable bonds is 6. The number of aliphatic hydroxyl groups excluding tert-OH is 1. The maximum Gasteiger partial charge on any atom is 0.258 e. The Labute approximate surface area is 202 Å². The van der Waals surface area contributed by atoms with E-state index in [1.165, 1.54) is 12.1 Å². The van der Waals surface area contributed by atoms with Gasteiger partial charge in [0, 0.05) is 29.9 Å². The van der Waals surface area contributed by atoms with Crippen LogP contribution < -0.4 is 5.32 Å². The van der Waals surface area contributed by atoms with Crippen molar-refractivity contribution in [1.29, 1.82) is 0 Å². The van der Waals surface area contributed by atoms with E-state index in [-0.39, 0.29) is 17.6 Å². The van der Waals surface area contributed by atoms with Crippen molar-refractivity contribution in [3.63, 3.8) is 0 Å². The van der Waals surface area contributed by atoms with E-state index in [4.69, 9.17) is 4.52 Å². The molecule has 1 saturated heterocycles. The van der Waals surface area contributed by atoms with Gasteiger partial charge in [0.25, 0.3) is 5.89 Å². The molecule has 4 aromatic rings. The van der Waals surface area contributed by atoms with Crippen LogP contribution in [-0.2, 0) is 11.3 Å². The predicted molar refractivity (Wildman–Crippen MR) is 129 cm³/mol. The number of carbonyl (C=O) groups excluding carboxylic acids is 1. The lowest BCUT2D eigenvalue weighted by Crippen LogP contribution is -2.29. The summed E-state index contributed by atoms with van der Waals surface area (Å²) in [5.41, 5.74) is 4.30. The van der Waals surface area contributed by atoms with Crippen LogP contribution in [0.5, 0.6) is 0 Å². The number of halogens is 1. The molecule has 0 aliphatic carbocycles. The molecule has 2 unspecified atom stereocenters. The van der Waals surface area contributed by atoms with Crippen LogP contribution >= 0.6 is 0 Å². The SMILES string of the molecule is Cc1ccc(-c2noc(-c3ccc(NC(=O)C4CC(O)N(Cc5ccc(F)cc5)C4)cc3)n2)cc1. The fourth-order valence-corrected chi connectivity index (χ4v) is 4.17. The Bertz CT molecular complexity index is 1300. The highest BCUT2D eigenvalue weighted by atomic mass is 19.1. The molecule has 8 heteroatoms. The monoisotopic (exact) mass is 472 g/mol. The van der Waals surface area contributed by atoms with E-state index in [2.05, 4.69) is 15.5 Å². The molecule has 7 nitrogen and oxygen atoms in total. The Balaban J connectivity index is 1.19. The van der Waals surface area contributed by atoms with Crippen LogP contribution in [0, 0.1) is 18.7 Å². The van der Waals surface area contributed by atoms with Crippen molar-refractivity contribution >= 4 is 11.6 Å². The zero-order valence-corrected chi connectivity index (χ0v) is 19.2. The number of likely N-dealkylation sites (tertiary alicyclic amines) is 1. The van der Waals surface area contributed by atoms with E-state index in [0.29, 0.717) is 36.9 Å². The summed E-state index contributed by atoms with van der Waals surface area (Å²) in [5.74, 6) is 0.108. The number of hydrogen-bond acceptors (Lipinski definition) is 6. The fraction of sp³-hybridized carbons (Fsp3) is 0.222. The van der Waals surface area contributed by atoms with Gasteiger partial charge in [-0.25, -0.2) is 4.39 Å². The fourth-order valence-electron chi connectivity index (χ4n) is 4.17. The summed E-state index contributed by atoms with van der Waals surface area (Å²) in [4.78, 5) is 19.1. The Kier molecular flexibility index (Phi) is 6.39. The molecule has 5 rings (SSSR count). The maximum atomic E-state index is 13.1. The molecular formula is C27H25FN4O3. The average molecular weight is 473 g/mol. The first-order valence-corrected chi connectivity index (χ1v) is 11.4. The molecule has 35 heavy (non-hydrogen) atoms. The molecule has 2 N–H and O–H groups in total. The number of aliphatic hydroxyl groups is 1. The van der Waals surface area contributed by atoms with Crippen LogP contribution in [0.15, 0.2) is 77.3 Å². The third-order valence-electron chi connectivity index (χ3n) is 6.18. The van der Waals surface area contributed by atoms with E-state index >= 15 is 0 Å². The van der Waals surface area contributed by atoms with Crippen LogP contribution in [0.2, 0.25) is 0 Å². The van der Waals surface area contributed by atoms with Gasteiger partial charge in [-0.3, -0.25) is 9.69 Å².